The van der Waals surface area contributed by atoms with Gasteiger partial charge in [-0.1, -0.05) is 18.2 Å². The number of imidazole rings is 1. The normalized spacial score (nSPS) is 18.7. The Morgan fingerprint density at radius 1 is 0.896 bits per heavy atom. The Hall–Kier alpha value is -4.35. The quantitative estimate of drug-likeness (QED) is 0.187. The molecule has 11 nitrogen and oxygen atoms in total. The lowest BCUT2D eigenvalue weighted by Gasteiger charge is -2.32. The highest BCUT2D eigenvalue weighted by Crippen LogP contribution is 2.41. The molecule has 48 heavy (non-hydrogen) atoms. The number of para-hydroxylation sites is 2. The molecule has 4 aromatic rings. The Bertz CT molecular complexity index is 1650. The van der Waals surface area contributed by atoms with E-state index in [4.69, 9.17) is 28.9 Å². The molecule has 1 atom stereocenters. The van der Waals surface area contributed by atoms with Gasteiger partial charge in [0, 0.05) is 68.7 Å². The summed E-state index contributed by atoms with van der Waals surface area (Å²) in [4.78, 5) is 30.8. The molecule has 2 aliphatic heterocycles. The predicted octanol–water partition coefficient (Wildman–Crippen LogP) is 4.88. The summed E-state index contributed by atoms with van der Waals surface area (Å²) in [6.07, 6.45) is 4.68. The molecular formula is C37H48N6O5. The molecular weight excluding hydrogens is 608 g/mol. The third-order valence-corrected chi connectivity index (χ3v) is 9.84. The molecule has 0 bridgehead atoms. The Balaban J connectivity index is 1.16. The molecule has 0 N–H and O–H groups in total. The number of aromatic nitrogens is 3. The molecule has 2 fully saturated rings. The molecule has 0 spiro atoms. The van der Waals surface area contributed by atoms with Gasteiger partial charge in [-0.3, -0.25) is 9.78 Å². The lowest BCUT2D eigenvalue weighted by atomic mass is 9.79. The van der Waals surface area contributed by atoms with Gasteiger partial charge in [-0.05, 0) is 75.7 Å². The van der Waals surface area contributed by atoms with Crippen molar-refractivity contribution in [1.82, 2.24) is 24.3 Å². The van der Waals surface area contributed by atoms with E-state index in [2.05, 4.69) is 50.8 Å². The molecule has 6 rings (SSSR count). The summed E-state index contributed by atoms with van der Waals surface area (Å²) in [7, 11) is 4.69. The average molecular weight is 657 g/mol. The van der Waals surface area contributed by atoms with E-state index in [9.17, 15) is 4.79 Å². The number of fused-ring (bicyclic) bond motifs is 1. The van der Waals surface area contributed by atoms with Crippen LogP contribution in [0.2, 0.25) is 0 Å². The van der Waals surface area contributed by atoms with E-state index < -0.39 is 0 Å². The smallest absolute Gasteiger partial charge is 0.254 e. The third kappa shape index (κ3) is 6.93. The summed E-state index contributed by atoms with van der Waals surface area (Å²) >= 11 is 0. The van der Waals surface area contributed by atoms with Crippen LogP contribution in [0.15, 0.2) is 60.8 Å². The van der Waals surface area contributed by atoms with Gasteiger partial charge in [0.2, 0.25) is 11.7 Å². The number of methoxy groups -OCH3 is 3. The van der Waals surface area contributed by atoms with Crippen molar-refractivity contribution in [3.8, 4) is 17.2 Å². The topological polar surface area (TPSA) is 94.4 Å². The number of nitrogens with zero attached hydrogens (tertiary/aromatic N) is 6. The van der Waals surface area contributed by atoms with Gasteiger partial charge in [-0.15, -0.1) is 0 Å². The zero-order valence-electron chi connectivity index (χ0n) is 28.7. The summed E-state index contributed by atoms with van der Waals surface area (Å²) in [6, 6.07) is 18.0. The predicted molar refractivity (Wildman–Crippen MR) is 187 cm³/mol. The molecule has 2 saturated heterocycles. The van der Waals surface area contributed by atoms with Crippen LogP contribution in [0, 0.1) is 0 Å². The van der Waals surface area contributed by atoms with Crippen molar-refractivity contribution >= 4 is 22.9 Å². The first kappa shape index (κ1) is 33.5. The van der Waals surface area contributed by atoms with Gasteiger partial charge in [0.25, 0.3) is 5.91 Å². The van der Waals surface area contributed by atoms with Crippen molar-refractivity contribution in [2.24, 2.45) is 0 Å². The molecule has 0 radical (unpaired) electrons. The number of rotatable bonds is 13. The van der Waals surface area contributed by atoms with Gasteiger partial charge in [-0.2, -0.15) is 0 Å². The maximum atomic E-state index is 13.9. The Labute approximate surface area is 283 Å². The number of benzene rings is 2. The van der Waals surface area contributed by atoms with Crippen molar-refractivity contribution in [2.75, 3.05) is 85.3 Å². The lowest BCUT2D eigenvalue weighted by Crippen LogP contribution is -2.39. The molecule has 1 amide bonds. The van der Waals surface area contributed by atoms with Crippen molar-refractivity contribution in [3.05, 3.63) is 72.1 Å². The van der Waals surface area contributed by atoms with Crippen molar-refractivity contribution in [1.29, 1.82) is 0 Å². The van der Waals surface area contributed by atoms with Crippen LogP contribution < -0.4 is 19.1 Å². The molecule has 256 valence electrons. The van der Waals surface area contributed by atoms with Crippen LogP contribution in [0.4, 0.5) is 5.95 Å². The number of hydrogen-bond acceptors (Lipinski definition) is 9. The monoisotopic (exact) mass is 656 g/mol. The van der Waals surface area contributed by atoms with Gasteiger partial charge < -0.3 is 38.2 Å². The second-order valence-corrected chi connectivity index (χ2v) is 12.6. The number of amides is 1. The Morgan fingerprint density at radius 3 is 2.42 bits per heavy atom. The van der Waals surface area contributed by atoms with E-state index in [0.717, 1.165) is 81.2 Å². The highest BCUT2D eigenvalue weighted by atomic mass is 16.5. The molecule has 4 heterocycles. The van der Waals surface area contributed by atoms with Crippen molar-refractivity contribution in [3.63, 3.8) is 0 Å². The van der Waals surface area contributed by atoms with Gasteiger partial charge in [0.15, 0.2) is 11.5 Å². The van der Waals surface area contributed by atoms with Crippen molar-refractivity contribution in [2.45, 2.75) is 38.1 Å². The van der Waals surface area contributed by atoms with Gasteiger partial charge in [0.05, 0.1) is 39.0 Å². The summed E-state index contributed by atoms with van der Waals surface area (Å²) < 4.78 is 24.6. The zero-order chi connectivity index (χ0) is 33.5. The second-order valence-electron chi connectivity index (χ2n) is 12.6. The minimum Gasteiger partial charge on any atom is -0.493 e. The third-order valence-electron chi connectivity index (χ3n) is 9.84. The van der Waals surface area contributed by atoms with Crippen LogP contribution in [0.25, 0.3) is 11.0 Å². The van der Waals surface area contributed by atoms with Gasteiger partial charge in [-0.25, -0.2) is 4.98 Å². The summed E-state index contributed by atoms with van der Waals surface area (Å²) in [5.74, 6) is 2.38. The highest BCUT2D eigenvalue weighted by molar-refractivity contribution is 5.96. The average Bonchev–Trinajstić information content (AvgIpc) is 3.65. The zero-order valence-corrected chi connectivity index (χ0v) is 28.7. The van der Waals surface area contributed by atoms with E-state index in [0.29, 0.717) is 49.1 Å². The van der Waals surface area contributed by atoms with Gasteiger partial charge in [0.1, 0.15) is 0 Å². The number of ether oxygens (including phenoxy) is 4. The van der Waals surface area contributed by atoms with E-state index in [1.165, 1.54) is 0 Å². The summed E-state index contributed by atoms with van der Waals surface area (Å²) in [5, 5.41) is 0. The van der Waals surface area contributed by atoms with E-state index >= 15 is 0 Å². The molecule has 2 aliphatic rings. The standard InChI is InChI=1S/C37H48N6O5/c1-5-48-24-23-43-30-12-7-6-11-29(30)39-36(43)41-18-10-17-40(21-22-41)19-14-37(33-13-8-9-16-38-33)15-20-42(27-37)35(44)28-25-31(45-2)34(47-4)32(26-28)46-3/h6-9,11-13,16,25-26H,5,10,14-15,17-24,27H2,1-4H3. The highest BCUT2D eigenvalue weighted by Gasteiger charge is 2.43. The molecule has 11 heteroatoms. The molecule has 2 aromatic carbocycles. The van der Waals surface area contributed by atoms with E-state index in [1.807, 2.05) is 24.1 Å². The number of carbonyl (C=O) groups is 1. The maximum absolute atomic E-state index is 13.9. The lowest BCUT2D eigenvalue weighted by molar-refractivity contribution is 0.0779. The second kappa shape index (κ2) is 15.3. The Morgan fingerprint density at radius 2 is 1.69 bits per heavy atom. The number of anilines is 1. The van der Waals surface area contributed by atoms with Crippen LogP contribution in [-0.4, -0.2) is 111 Å². The SMILES string of the molecule is CCOCCn1c(N2CCCN(CCC3(c4ccccn4)CCN(C(=O)c4cc(OC)c(OC)c(OC)c4)C3)CC2)nc2ccccc21. The first-order valence-electron chi connectivity index (χ1n) is 17.0. The minimum atomic E-state index is -0.239. The van der Waals surface area contributed by atoms with Crippen LogP contribution >= 0.6 is 0 Å². The first-order valence-corrected chi connectivity index (χ1v) is 17.0. The number of carbonyl (C=O) groups excluding carboxylic acids is 1. The van der Waals surface area contributed by atoms with Crippen LogP contribution in [-0.2, 0) is 16.7 Å². The number of likely N-dealkylation sites (tertiary alicyclic amines) is 1. The molecule has 1 unspecified atom stereocenters. The minimum absolute atomic E-state index is 0.0512. The maximum Gasteiger partial charge on any atom is 0.254 e. The first-order chi connectivity index (χ1) is 23.5. The fourth-order valence-corrected chi connectivity index (χ4v) is 7.24. The molecule has 0 saturated carbocycles. The van der Waals surface area contributed by atoms with E-state index in [-0.39, 0.29) is 11.3 Å². The van der Waals surface area contributed by atoms with Crippen LogP contribution in [0.5, 0.6) is 17.2 Å². The summed E-state index contributed by atoms with van der Waals surface area (Å²) in [6.45, 7) is 10.2. The molecule has 2 aromatic heterocycles. The number of hydrogen-bond donors (Lipinski definition) is 0. The number of pyridine rings is 1. The van der Waals surface area contributed by atoms with Crippen LogP contribution in [0.1, 0.15) is 42.2 Å². The van der Waals surface area contributed by atoms with Crippen LogP contribution in [0.3, 0.4) is 0 Å². The Kier molecular flexibility index (Phi) is 10.7. The van der Waals surface area contributed by atoms with E-state index in [1.54, 1.807) is 33.5 Å². The van der Waals surface area contributed by atoms with Gasteiger partial charge >= 0.3 is 0 Å². The molecule has 0 aliphatic carbocycles. The fraction of sp³-hybridized carbons (Fsp3) is 0.486. The van der Waals surface area contributed by atoms with Crippen molar-refractivity contribution < 1.29 is 23.7 Å². The fourth-order valence-electron chi connectivity index (χ4n) is 7.24. The summed E-state index contributed by atoms with van der Waals surface area (Å²) in [5.41, 5.74) is 3.49. The largest absolute Gasteiger partial charge is 0.493 e.